The lowest BCUT2D eigenvalue weighted by molar-refractivity contribution is -0.115. The molecule has 1 heterocycles. The van der Waals surface area contributed by atoms with Crippen molar-refractivity contribution >= 4 is 40.0 Å². The van der Waals surface area contributed by atoms with E-state index in [1.807, 2.05) is 51.1 Å². The van der Waals surface area contributed by atoms with Gasteiger partial charge in [-0.05, 0) is 38.5 Å². The number of hydrogen-bond donors (Lipinski definition) is 1. The maximum Gasteiger partial charge on any atom is 0.341 e. The Hall–Kier alpha value is -1.79. The first-order chi connectivity index (χ1) is 10.9. The molecule has 0 bridgehead atoms. The van der Waals surface area contributed by atoms with E-state index in [4.69, 9.17) is 4.74 Å². The molecule has 6 heteroatoms. The van der Waals surface area contributed by atoms with E-state index >= 15 is 0 Å². The average molecular weight is 349 g/mol. The molecule has 0 aliphatic carbocycles. The van der Waals surface area contributed by atoms with E-state index < -0.39 is 5.97 Å². The van der Waals surface area contributed by atoms with E-state index in [2.05, 4.69) is 5.32 Å². The second kappa shape index (κ2) is 7.66. The predicted octanol–water partition coefficient (Wildman–Crippen LogP) is 4.27. The topological polar surface area (TPSA) is 55.4 Å². The van der Waals surface area contributed by atoms with Crippen LogP contribution in [0, 0.1) is 13.8 Å². The van der Waals surface area contributed by atoms with Crippen LogP contribution < -0.4 is 5.32 Å². The Morgan fingerprint density at radius 2 is 1.87 bits per heavy atom. The zero-order valence-electron chi connectivity index (χ0n) is 13.5. The van der Waals surface area contributed by atoms with Crippen LogP contribution in [0.4, 0.5) is 5.00 Å². The van der Waals surface area contributed by atoms with Crippen LogP contribution in [-0.4, -0.2) is 24.2 Å². The standard InChI is InChI=1S/C17H19NO3S2/c1-10-11(2)23-16(14(10)17(20)21-4)18-15(19)12(3)22-13-8-6-5-7-9-13/h5-9,12H,1-4H3,(H,18,19). The molecule has 1 aromatic heterocycles. The van der Waals surface area contributed by atoms with Crippen LogP contribution in [0.3, 0.4) is 0 Å². The Morgan fingerprint density at radius 3 is 2.48 bits per heavy atom. The molecule has 0 saturated carbocycles. The zero-order valence-corrected chi connectivity index (χ0v) is 15.1. The molecule has 0 radical (unpaired) electrons. The van der Waals surface area contributed by atoms with Crippen molar-refractivity contribution in [2.75, 3.05) is 12.4 Å². The van der Waals surface area contributed by atoms with Crippen LogP contribution in [0.1, 0.15) is 27.7 Å². The molecule has 122 valence electrons. The van der Waals surface area contributed by atoms with Crippen molar-refractivity contribution in [3.8, 4) is 0 Å². The Bertz CT molecular complexity index is 710. The van der Waals surface area contributed by atoms with Gasteiger partial charge >= 0.3 is 5.97 Å². The Labute approximate surface area is 144 Å². The molecule has 2 rings (SSSR count). The molecule has 1 amide bonds. The van der Waals surface area contributed by atoms with Crippen molar-refractivity contribution in [3.63, 3.8) is 0 Å². The molecule has 0 spiro atoms. The van der Waals surface area contributed by atoms with E-state index in [0.717, 1.165) is 15.3 Å². The number of aryl methyl sites for hydroxylation is 1. The van der Waals surface area contributed by atoms with Gasteiger partial charge in [-0.15, -0.1) is 23.1 Å². The SMILES string of the molecule is COC(=O)c1c(NC(=O)C(C)Sc2ccccc2)sc(C)c1C. The summed E-state index contributed by atoms with van der Waals surface area (Å²) in [4.78, 5) is 26.4. The van der Waals surface area contributed by atoms with Crippen molar-refractivity contribution in [2.45, 2.75) is 30.9 Å². The number of carbonyl (C=O) groups is 2. The number of nitrogens with one attached hydrogen (secondary N) is 1. The van der Waals surface area contributed by atoms with Crippen LogP contribution in [0.2, 0.25) is 0 Å². The lowest BCUT2D eigenvalue weighted by Crippen LogP contribution is -2.23. The van der Waals surface area contributed by atoms with Crippen LogP contribution in [0.15, 0.2) is 35.2 Å². The van der Waals surface area contributed by atoms with Gasteiger partial charge in [0.25, 0.3) is 0 Å². The lowest BCUT2D eigenvalue weighted by Gasteiger charge is -2.12. The van der Waals surface area contributed by atoms with E-state index in [-0.39, 0.29) is 11.2 Å². The second-order valence-electron chi connectivity index (χ2n) is 5.04. The second-order valence-corrected chi connectivity index (χ2v) is 7.68. The maximum absolute atomic E-state index is 12.4. The highest BCUT2D eigenvalue weighted by atomic mass is 32.2. The minimum absolute atomic E-state index is 0.134. The van der Waals surface area contributed by atoms with Crippen LogP contribution in [0.5, 0.6) is 0 Å². The van der Waals surface area contributed by atoms with E-state index in [1.165, 1.54) is 30.2 Å². The normalized spacial score (nSPS) is 11.8. The molecular weight excluding hydrogens is 330 g/mol. The average Bonchev–Trinajstić information content (AvgIpc) is 2.82. The molecule has 0 aliphatic rings. The Balaban J connectivity index is 2.14. The van der Waals surface area contributed by atoms with Gasteiger partial charge < -0.3 is 10.1 Å². The van der Waals surface area contributed by atoms with Crippen LogP contribution >= 0.6 is 23.1 Å². The van der Waals surface area contributed by atoms with Crippen LogP contribution in [0.25, 0.3) is 0 Å². The number of thiophene rings is 1. The number of methoxy groups -OCH3 is 1. The highest BCUT2D eigenvalue weighted by Gasteiger charge is 2.23. The van der Waals surface area contributed by atoms with Gasteiger partial charge in [0.05, 0.1) is 17.9 Å². The fraction of sp³-hybridized carbons (Fsp3) is 0.294. The third kappa shape index (κ3) is 4.14. The number of hydrogen-bond acceptors (Lipinski definition) is 5. The Morgan fingerprint density at radius 1 is 1.22 bits per heavy atom. The Kier molecular flexibility index (Phi) is 5.85. The number of benzene rings is 1. The van der Waals surface area contributed by atoms with E-state index in [0.29, 0.717) is 10.6 Å². The summed E-state index contributed by atoms with van der Waals surface area (Å²) in [6.45, 7) is 5.62. The molecule has 0 aliphatic heterocycles. The zero-order chi connectivity index (χ0) is 17.0. The quantitative estimate of drug-likeness (QED) is 0.647. The van der Waals surface area contributed by atoms with Gasteiger partial charge in [-0.25, -0.2) is 4.79 Å². The summed E-state index contributed by atoms with van der Waals surface area (Å²) in [6.07, 6.45) is 0. The van der Waals surface area contributed by atoms with Gasteiger partial charge in [0.15, 0.2) is 0 Å². The molecule has 23 heavy (non-hydrogen) atoms. The molecule has 0 saturated heterocycles. The highest BCUT2D eigenvalue weighted by Crippen LogP contribution is 2.34. The molecule has 1 unspecified atom stereocenters. The van der Waals surface area contributed by atoms with Crippen molar-refractivity contribution in [3.05, 3.63) is 46.3 Å². The number of anilines is 1. The van der Waals surface area contributed by atoms with Gasteiger partial charge in [-0.2, -0.15) is 0 Å². The third-order valence-electron chi connectivity index (χ3n) is 3.44. The number of ether oxygens (including phenoxy) is 1. The summed E-state index contributed by atoms with van der Waals surface area (Å²) in [7, 11) is 1.34. The minimum Gasteiger partial charge on any atom is -0.465 e. The first-order valence-corrected chi connectivity index (χ1v) is 8.84. The molecule has 1 atom stereocenters. The fourth-order valence-electron chi connectivity index (χ4n) is 2.03. The minimum atomic E-state index is -0.425. The number of esters is 1. The fourth-order valence-corrected chi connectivity index (χ4v) is 3.97. The highest BCUT2D eigenvalue weighted by molar-refractivity contribution is 8.00. The van der Waals surface area contributed by atoms with Crippen molar-refractivity contribution in [2.24, 2.45) is 0 Å². The molecule has 0 fully saturated rings. The summed E-state index contributed by atoms with van der Waals surface area (Å²) in [5.74, 6) is -0.559. The number of thioether (sulfide) groups is 1. The van der Waals surface area contributed by atoms with Crippen molar-refractivity contribution in [1.29, 1.82) is 0 Å². The third-order valence-corrected chi connectivity index (χ3v) is 5.67. The molecule has 1 N–H and O–H groups in total. The van der Waals surface area contributed by atoms with Crippen molar-refractivity contribution in [1.82, 2.24) is 0 Å². The molecule has 2 aromatic rings. The number of rotatable bonds is 5. The van der Waals surface area contributed by atoms with Gasteiger partial charge in [0, 0.05) is 9.77 Å². The summed E-state index contributed by atoms with van der Waals surface area (Å²) in [5, 5.41) is 3.15. The van der Waals surface area contributed by atoms with Gasteiger partial charge in [-0.3, -0.25) is 4.79 Å². The first-order valence-electron chi connectivity index (χ1n) is 7.15. The summed E-state index contributed by atoms with van der Waals surface area (Å²) < 4.78 is 4.82. The smallest absolute Gasteiger partial charge is 0.341 e. The van der Waals surface area contributed by atoms with Crippen molar-refractivity contribution < 1.29 is 14.3 Å². The van der Waals surface area contributed by atoms with Gasteiger partial charge in [-0.1, -0.05) is 18.2 Å². The predicted molar refractivity (Wildman–Crippen MR) is 95.5 cm³/mol. The molecular formula is C17H19NO3S2. The van der Waals surface area contributed by atoms with Gasteiger partial charge in [0.1, 0.15) is 5.00 Å². The first kappa shape index (κ1) is 17.6. The van der Waals surface area contributed by atoms with Crippen LogP contribution in [-0.2, 0) is 9.53 Å². The summed E-state index contributed by atoms with van der Waals surface area (Å²) in [5.41, 5.74) is 1.29. The number of amides is 1. The molecule has 4 nitrogen and oxygen atoms in total. The van der Waals surface area contributed by atoms with E-state index in [1.54, 1.807) is 0 Å². The summed E-state index contributed by atoms with van der Waals surface area (Å²) in [6, 6.07) is 9.75. The van der Waals surface area contributed by atoms with E-state index in [9.17, 15) is 9.59 Å². The van der Waals surface area contributed by atoms with Gasteiger partial charge in [0.2, 0.25) is 5.91 Å². The maximum atomic E-state index is 12.4. The summed E-state index contributed by atoms with van der Waals surface area (Å²) >= 11 is 2.87. The largest absolute Gasteiger partial charge is 0.465 e. The molecule has 1 aromatic carbocycles. The monoisotopic (exact) mass is 349 g/mol. The number of carbonyl (C=O) groups excluding carboxylic acids is 2. The lowest BCUT2D eigenvalue weighted by atomic mass is 10.1.